The van der Waals surface area contributed by atoms with Crippen molar-refractivity contribution in [2.75, 3.05) is 5.32 Å². The summed E-state index contributed by atoms with van der Waals surface area (Å²) in [5.74, 6) is 0. The molecule has 1 aromatic heterocycles. The highest BCUT2D eigenvalue weighted by Gasteiger charge is 2.39. The Balaban J connectivity index is 1.92. The second-order valence-electron chi connectivity index (χ2n) is 5.55. The number of aromatic nitrogens is 1. The number of hydrogen-bond acceptors (Lipinski definition) is 1. The van der Waals surface area contributed by atoms with Crippen molar-refractivity contribution in [2.24, 2.45) is 0 Å². The first kappa shape index (κ1) is 10.2. The van der Waals surface area contributed by atoms with Gasteiger partial charge in [0, 0.05) is 11.9 Å². The van der Waals surface area contributed by atoms with Crippen LogP contribution in [0.1, 0.15) is 37.8 Å². The zero-order valence-corrected chi connectivity index (χ0v) is 10.5. The lowest BCUT2D eigenvalue weighted by molar-refractivity contribution is 0.315. The molecule has 1 N–H and O–H groups in total. The molecule has 1 spiro atoms. The normalized spacial score (nSPS) is 20.0. The summed E-state index contributed by atoms with van der Waals surface area (Å²) in [6, 6.07) is 13.1. The predicted octanol–water partition coefficient (Wildman–Crippen LogP) is 4.06. The Morgan fingerprint density at radius 3 is 2.67 bits per heavy atom. The molecule has 0 radical (unpaired) electrons. The average molecular weight is 238 g/mol. The third-order valence-corrected chi connectivity index (χ3v) is 4.48. The molecular formula is C16H18N2. The fraction of sp³-hybridized carbons (Fsp3) is 0.375. The zero-order chi connectivity index (χ0) is 12.0. The molecule has 1 aliphatic heterocycles. The quantitative estimate of drug-likeness (QED) is 0.732. The van der Waals surface area contributed by atoms with Gasteiger partial charge >= 0.3 is 0 Å². The maximum Gasteiger partial charge on any atom is 0.0780 e. The molecule has 0 amide bonds. The molecule has 2 nitrogen and oxygen atoms in total. The molecule has 1 fully saturated rings. The second kappa shape index (κ2) is 3.64. The minimum atomic E-state index is 0.177. The van der Waals surface area contributed by atoms with Gasteiger partial charge in [-0.1, -0.05) is 31.4 Å². The highest BCUT2D eigenvalue weighted by molar-refractivity contribution is 5.66. The monoisotopic (exact) mass is 238 g/mol. The molecule has 18 heavy (non-hydrogen) atoms. The van der Waals surface area contributed by atoms with Gasteiger partial charge in [-0.05, 0) is 37.1 Å². The van der Waals surface area contributed by atoms with E-state index in [1.807, 2.05) is 0 Å². The molecule has 0 saturated heterocycles. The van der Waals surface area contributed by atoms with Crippen molar-refractivity contribution in [3.63, 3.8) is 0 Å². The minimum absolute atomic E-state index is 0.177. The van der Waals surface area contributed by atoms with Gasteiger partial charge in [0.05, 0.1) is 16.9 Å². The summed E-state index contributed by atoms with van der Waals surface area (Å²) in [5.41, 5.74) is 4.19. The Kier molecular flexibility index (Phi) is 2.07. The van der Waals surface area contributed by atoms with Gasteiger partial charge in [-0.3, -0.25) is 0 Å². The highest BCUT2D eigenvalue weighted by atomic mass is 15.1. The van der Waals surface area contributed by atoms with Crippen LogP contribution in [0.4, 0.5) is 5.69 Å². The van der Waals surface area contributed by atoms with Gasteiger partial charge in [0.2, 0.25) is 0 Å². The molecule has 1 saturated carbocycles. The molecule has 0 bridgehead atoms. The Hall–Kier alpha value is -1.70. The van der Waals surface area contributed by atoms with Gasteiger partial charge < -0.3 is 9.88 Å². The van der Waals surface area contributed by atoms with Gasteiger partial charge in [-0.15, -0.1) is 0 Å². The van der Waals surface area contributed by atoms with E-state index in [0.29, 0.717) is 0 Å². The summed E-state index contributed by atoms with van der Waals surface area (Å²) >= 11 is 0. The Bertz CT molecular complexity index is 576. The number of para-hydroxylation sites is 2. The van der Waals surface area contributed by atoms with Crippen molar-refractivity contribution in [1.29, 1.82) is 0 Å². The van der Waals surface area contributed by atoms with E-state index >= 15 is 0 Å². The van der Waals surface area contributed by atoms with Crippen molar-refractivity contribution in [3.05, 3.63) is 48.3 Å². The zero-order valence-electron chi connectivity index (χ0n) is 10.5. The molecule has 2 aliphatic rings. The molecule has 0 unspecified atom stereocenters. The van der Waals surface area contributed by atoms with Gasteiger partial charge in [0.1, 0.15) is 0 Å². The van der Waals surface area contributed by atoms with Crippen LogP contribution in [0, 0.1) is 0 Å². The average Bonchev–Trinajstić information content (AvgIpc) is 2.90. The summed E-state index contributed by atoms with van der Waals surface area (Å²) in [4.78, 5) is 0. The lowest BCUT2D eigenvalue weighted by atomic mass is 9.78. The Morgan fingerprint density at radius 2 is 1.78 bits per heavy atom. The first-order valence-corrected chi connectivity index (χ1v) is 6.95. The fourth-order valence-electron chi connectivity index (χ4n) is 3.63. The van der Waals surface area contributed by atoms with Crippen molar-refractivity contribution < 1.29 is 0 Å². The minimum Gasteiger partial charge on any atom is -0.372 e. The van der Waals surface area contributed by atoms with Crippen molar-refractivity contribution >= 4 is 5.69 Å². The summed E-state index contributed by atoms with van der Waals surface area (Å²) in [6.07, 6.45) is 8.76. The topological polar surface area (TPSA) is 17.0 Å². The number of nitrogens with zero attached hydrogens (tertiary/aromatic N) is 1. The van der Waals surface area contributed by atoms with Crippen LogP contribution in [-0.4, -0.2) is 4.57 Å². The molecule has 1 aliphatic carbocycles. The third-order valence-electron chi connectivity index (χ3n) is 4.48. The van der Waals surface area contributed by atoms with Crippen LogP contribution in [0.5, 0.6) is 0 Å². The lowest BCUT2D eigenvalue weighted by Gasteiger charge is -2.43. The van der Waals surface area contributed by atoms with Crippen LogP contribution < -0.4 is 5.32 Å². The van der Waals surface area contributed by atoms with Gasteiger partial charge in [0.25, 0.3) is 0 Å². The number of nitrogens with one attached hydrogen (secondary N) is 1. The molecule has 2 heteroatoms. The largest absolute Gasteiger partial charge is 0.372 e. The lowest BCUT2D eigenvalue weighted by Crippen LogP contribution is -2.42. The second-order valence-corrected chi connectivity index (χ2v) is 5.55. The van der Waals surface area contributed by atoms with Crippen molar-refractivity contribution in [2.45, 2.75) is 37.6 Å². The fourth-order valence-corrected chi connectivity index (χ4v) is 3.63. The molecule has 0 atom stereocenters. The molecular weight excluding hydrogens is 220 g/mol. The Morgan fingerprint density at radius 1 is 0.944 bits per heavy atom. The van der Waals surface area contributed by atoms with Crippen LogP contribution in [0.2, 0.25) is 0 Å². The number of rotatable bonds is 0. The first-order chi connectivity index (χ1) is 8.89. The summed E-state index contributed by atoms with van der Waals surface area (Å²) in [5, 5.41) is 3.83. The first-order valence-electron chi connectivity index (χ1n) is 6.95. The number of anilines is 1. The highest BCUT2D eigenvalue weighted by Crippen LogP contribution is 2.45. The van der Waals surface area contributed by atoms with Crippen LogP contribution in [0.3, 0.4) is 0 Å². The van der Waals surface area contributed by atoms with Crippen molar-refractivity contribution in [1.82, 2.24) is 4.57 Å². The SMILES string of the molecule is c1ccc2c(c1)NC1(CCCCC1)c1cccn1-2. The smallest absolute Gasteiger partial charge is 0.0780 e. The number of benzene rings is 1. The van der Waals surface area contributed by atoms with Crippen LogP contribution in [-0.2, 0) is 5.54 Å². The molecule has 92 valence electrons. The van der Waals surface area contributed by atoms with E-state index in [1.54, 1.807) is 0 Å². The van der Waals surface area contributed by atoms with E-state index in [4.69, 9.17) is 0 Å². The van der Waals surface area contributed by atoms with E-state index < -0.39 is 0 Å². The van der Waals surface area contributed by atoms with Crippen LogP contribution >= 0.6 is 0 Å². The van der Waals surface area contributed by atoms with E-state index in [9.17, 15) is 0 Å². The number of fused-ring (bicyclic) bond motifs is 4. The van der Waals surface area contributed by atoms with Crippen LogP contribution in [0.15, 0.2) is 42.6 Å². The van der Waals surface area contributed by atoms with E-state index in [2.05, 4.69) is 52.5 Å². The molecule has 4 rings (SSSR count). The van der Waals surface area contributed by atoms with Gasteiger partial charge in [0.15, 0.2) is 0 Å². The maximum atomic E-state index is 3.83. The molecule has 2 heterocycles. The van der Waals surface area contributed by atoms with Gasteiger partial charge in [-0.25, -0.2) is 0 Å². The maximum absolute atomic E-state index is 3.83. The van der Waals surface area contributed by atoms with Crippen LogP contribution in [0.25, 0.3) is 5.69 Å². The van der Waals surface area contributed by atoms with E-state index in [-0.39, 0.29) is 5.54 Å². The molecule has 1 aromatic carbocycles. The van der Waals surface area contributed by atoms with Crippen molar-refractivity contribution in [3.8, 4) is 5.69 Å². The molecule has 2 aromatic rings. The summed E-state index contributed by atoms with van der Waals surface area (Å²) in [7, 11) is 0. The van der Waals surface area contributed by atoms with E-state index in [1.165, 1.54) is 49.2 Å². The predicted molar refractivity (Wildman–Crippen MR) is 74.2 cm³/mol. The summed E-state index contributed by atoms with van der Waals surface area (Å²) in [6.45, 7) is 0. The summed E-state index contributed by atoms with van der Waals surface area (Å²) < 4.78 is 2.37. The third kappa shape index (κ3) is 1.29. The number of hydrogen-bond donors (Lipinski definition) is 1. The standard InChI is InChI=1S/C16H18N2/c1-4-10-16(11-5-1)15-9-6-12-18(15)14-8-3-2-7-13(14)17-16/h2-3,6-9,12,17H,1,4-5,10-11H2. The van der Waals surface area contributed by atoms with Gasteiger partial charge in [-0.2, -0.15) is 0 Å². The Labute approximate surface area is 108 Å². The van der Waals surface area contributed by atoms with E-state index in [0.717, 1.165) is 0 Å².